The minimum atomic E-state index is -3.78. The van der Waals surface area contributed by atoms with Gasteiger partial charge in [0.1, 0.15) is 6.04 Å². The van der Waals surface area contributed by atoms with Crippen molar-refractivity contribution in [3.63, 3.8) is 0 Å². The van der Waals surface area contributed by atoms with Crippen molar-refractivity contribution >= 4 is 17.4 Å². The zero-order valence-electron chi connectivity index (χ0n) is 15.7. The molecular weight excluding hydrogens is 393 g/mol. The van der Waals surface area contributed by atoms with Gasteiger partial charge in [0, 0.05) is 12.1 Å². The van der Waals surface area contributed by atoms with Crippen molar-refractivity contribution in [3.8, 4) is 11.5 Å². The van der Waals surface area contributed by atoms with Gasteiger partial charge < -0.3 is 14.4 Å². The summed E-state index contributed by atoms with van der Waals surface area (Å²) < 4.78 is 57.5. The van der Waals surface area contributed by atoms with Gasteiger partial charge in [-0.3, -0.25) is 0 Å². The van der Waals surface area contributed by atoms with Crippen molar-refractivity contribution in [2.45, 2.75) is 37.5 Å². The summed E-state index contributed by atoms with van der Waals surface area (Å²) >= 11 is 6.28. The predicted octanol–water partition coefficient (Wildman–Crippen LogP) is 5.21. The van der Waals surface area contributed by atoms with Gasteiger partial charge in [0.15, 0.2) is 17.3 Å². The van der Waals surface area contributed by atoms with Gasteiger partial charge in [-0.2, -0.15) is 8.78 Å². The second-order valence-electron chi connectivity index (χ2n) is 7.30. The first-order chi connectivity index (χ1) is 13.2. The van der Waals surface area contributed by atoms with Crippen molar-refractivity contribution in [3.05, 3.63) is 46.6 Å². The van der Waals surface area contributed by atoms with Crippen LogP contribution in [0.5, 0.6) is 11.5 Å². The van der Waals surface area contributed by atoms with Crippen molar-refractivity contribution in [1.29, 1.82) is 0 Å². The number of benzene rings is 1. The lowest BCUT2D eigenvalue weighted by Crippen LogP contribution is -2.59. The lowest BCUT2D eigenvalue weighted by atomic mass is 9.86. The highest BCUT2D eigenvalue weighted by atomic mass is 35.5. The molecule has 2 heterocycles. The molecular formula is C20H20ClF3N2O2. The fraction of sp³-hybridized carbons (Fsp3) is 0.450. The molecule has 4 rings (SSSR count). The van der Waals surface area contributed by atoms with E-state index in [1.54, 1.807) is 13.0 Å². The van der Waals surface area contributed by atoms with Gasteiger partial charge in [-0.05, 0) is 49.1 Å². The third-order valence-electron chi connectivity index (χ3n) is 5.35. The molecule has 1 aliphatic carbocycles. The van der Waals surface area contributed by atoms with Crippen LogP contribution < -0.4 is 9.47 Å². The van der Waals surface area contributed by atoms with E-state index >= 15 is 13.2 Å². The van der Waals surface area contributed by atoms with E-state index in [1.165, 1.54) is 43.5 Å². The molecule has 3 aliphatic rings. The molecule has 2 aliphatic heterocycles. The van der Waals surface area contributed by atoms with E-state index in [4.69, 9.17) is 21.1 Å². The average molecular weight is 413 g/mol. The molecule has 1 saturated carbocycles. The van der Waals surface area contributed by atoms with E-state index in [1.807, 2.05) is 0 Å². The van der Waals surface area contributed by atoms with Crippen LogP contribution in [-0.2, 0) is 0 Å². The van der Waals surface area contributed by atoms with Crippen LogP contribution in [-0.4, -0.2) is 36.7 Å². The molecule has 2 atom stereocenters. The summed E-state index contributed by atoms with van der Waals surface area (Å²) in [7, 11) is 2.88. The molecule has 2 unspecified atom stereocenters. The summed E-state index contributed by atoms with van der Waals surface area (Å²) in [5.41, 5.74) is 0.858. The van der Waals surface area contributed by atoms with Gasteiger partial charge in [0.25, 0.3) is 5.79 Å². The molecule has 0 N–H and O–H groups in total. The van der Waals surface area contributed by atoms with E-state index in [0.29, 0.717) is 24.2 Å². The van der Waals surface area contributed by atoms with Crippen LogP contribution in [0.4, 0.5) is 13.2 Å². The number of rotatable bonds is 4. The smallest absolute Gasteiger partial charge is 0.325 e. The molecule has 0 aromatic heterocycles. The number of aliphatic imine (C=N–C) groups is 1. The Morgan fingerprint density at radius 1 is 1.14 bits per heavy atom. The Labute approximate surface area is 166 Å². The molecule has 8 heteroatoms. The van der Waals surface area contributed by atoms with Crippen molar-refractivity contribution in [1.82, 2.24) is 4.90 Å². The van der Waals surface area contributed by atoms with Gasteiger partial charge in [-0.15, -0.1) is 0 Å². The van der Waals surface area contributed by atoms with Crippen LogP contribution in [0.15, 0.2) is 46.1 Å². The largest absolute Gasteiger partial charge is 0.493 e. The Bertz CT molecular complexity index is 911. The summed E-state index contributed by atoms with van der Waals surface area (Å²) in [6.07, 6.45) is 3.86. The molecule has 0 saturated heterocycles. The lowest BCUT2D eigenvalue weighted by Gasteiger charge is -2.47. The predicted molar refractivity (Wildman–Crippen MR) is 101 cm³/mol. The highest BCUT2D eigenvalue weighted by Crippen LogP contribution is 2.59. The van der Waals surface area contributed by atoms with Gasteiger partial charge in [0.2, 0.25) is 0 Å². The van der Waals surface area contributed by atoms with Gasteiger partial charge >= 0.3 is 5.92 Å². The quantitative estimate of drug-likeness (QED) is 0.636. The van der Waals surface area contributed by atoms with Gasteiger partial charge in [-0.25, -0.2) is 9.38 Å². The molecule has 0 bridgehead atoms. The van der Waals surface area contributed by atoms with E-state index in [-0.39, 0.29) is 22.2 Å². The fourth-order valence-electron chi connectivity index (χ4n) is 3.83. The topological polar surface area (TPSA) is 34.1 Å². The Morgan fingerprint density at radius 2 is 1.82 bits per heavy atom. The maximum absolute atomic E-state index is 15.7. The second kappa shape index (κ2) is 6.44. The number of nitrogens with zero attached hydrogens (tertiary/aromatic N) is 2. The van der Waals surface area contributed by atoms with Crippen molar-refractivity contribution < 1.29 is 22.6 Å². The number of hydrogen-bond acceptors (Lipinski definition) is 4. The Balaban J connectivity index is 1.92. The molecule has 1 aromatic rings. The first kappa shape index (κ1) is 19.2. The molecule has 1 fully saturated rings. The summed E-state index contributed by atoms with van der Waals surface area (Å²) in [6, 6.07) is 2.85. The summed E-state index contributed by atoms with van der Waals surface area (Å²) in [4.78, 5) is 5.11. The average Bonchev–Trinajstić information content (AvgIpc) is 3.48. The van der Waals surface area contributed by atoms with E-state index in [2.05, 4.69) is 4.99 Å². The number of hydrogen-bond donors (Lipinski definition) is 0. The third kappa shape index (κ3) is 2.70. The number of halogens is 4. The number of alkyl halides is 3. The maximum atomic E-state index is 15.7. The SMILES string of the molecule is COc1ccc(C2N3C=C(C)C=C(Cl)C3=NC(F)(C3CC3)C2(F)F)cc1OC. The molecule has 0 amide bonds. The normalized spacial score (nSPS) is 28.8. The third-order valence-corrected chi connectivity index (χ3v) is 5.63. The first-order valence-electron chi connectivity index (χ1n) is 8.95. The highest BCUT2D eigenvalue weighted by molar-refractivity contribution is 6.43. The monoisotopic (exact) mass is 412 g/mol. The summed E-state index contributed by atoms with van der Waals surface area (Å²) in [5.74, 6) is -6.90. The van der Waals surface area contributed by atoms with Crippen molar-refractivity contribution in [2.24, 2.45) is 10.9 Å². The molecule has 150 valence electrons. The van der Waals surface area contributed by atoms with Crippen LogP contribution in [0.25, 0.3) is 0 Å². The van der Waals surface area contributed by atoms with E-state index < -0.39 is 23.7 Å². The first-order valence-corrected chi connectivity index (χ1v) is 9.33. The Morgan fingerprint density at radius 3 is 2.43 bits per heavy atom. The standard InChI is InChI=1S/C20H20ClF3N2O2/c1-11-8-14(21)18-25-20(24,13-5-6-13)19(22,23)17(26(18)10-11)12-4-7-15(27-2)16(9-12)28-3/h4,7-10,13,17H,5-6H2,1-3H3. The van der Waals surface area contributed by atoms with Crippen LogP contribution in [0.1, 0.15) is 31.4 Å². The molecule has 4 nitrogen and oxygen atoms in total. The minimum absolute atomic E-state index is 0.0207. The summed E-state index contributed by atoms with van der Waals surface area (Å²) in [6.45, 7) is 1.74. The van der Waals surface area contributed by atoms with Gasteiger partial charge in [-0.1, -0.05) is 17.7 Å². The van der Waals surface area contributed by atoms with Crippen LogP contribution in [0.2, 0.25) is 0 Å². The molecule has 0 spiro atoms. The van der Waals surface area contributed by atoms with Crippen LogP contribution in [0, 0.1) is 5.92 Å². The molecule has 0 radical (unpaired) electrons. The number of fused-ring (bicyclic) bond motifs is 1. The number of methoxy groups -OCH3 is 2. The zero-order chi connectivity index (χ0) is 20.3. The van der Waals surface area contributed by atoms with Gasteiger partial charge in [0.05, 0.1) is 19.3 Å². The highest BCUT2D eigenvalue weighted by Gasteiger charge is 2.70. The molecule has 1 aromatic carbocycles. The second-order valence-corrected chi connectivity index (χ2v) is 7.70. The van der Waals surface area contributed by atoms with E-state index in [0.717, 1.165) is 0 Å². The fourth-order valence-corrected chi connectivity index (χ4v) is 4.14. The number of allylic oxidation sites excluding steroid dienone is 2. The zero-order valence-corrected chi connectivity index (χ0v) is 16.4. The molecule has 28 heavy (non-hydrogen) atoms. The Hall–Kier alpha value is -2.15. The maximum Gasteiger partial charge on any atom is 0.325 e. The Kier molecular flexibility index (Phi) is 4.41. The van der Waals surface area contributed by atoms with Crippen LogP contribution in [0.3, 0.4) is 0 Å². The number of amidine groups is 1. The lowest BCUT2D eigenvalue weighted by molar-refractivity contribution is -0.186. The van der Waals surface area contributed by atoms with Crippen LogP contribution >= 0.6 is 11.6 Å². The van der Waals surface area contributed by atoms with E-state index in [9.17, 15) is 0 Å². The number of ether oxygens (including phenoxy) is 2. The minimum Gasteiger partial charge on any atom is -0.493 e. The van der Waals surface area contributed by atoms with Crippen molar-refractivity contribution in [2.75, 3.05) is 14.2 Å². The summed E-state index contributed by atoms with van der Waals surface area (Å²) in [5, 5.41) is 0.142.